The van der Waals surface area contributed by atoms with Crippen molar-refractivity contribution in [3.8, 4) is 0 Å². The summed E-state index contributed by atoms with van der Waals surface area (Å²) in [5, 5.41) is 0. The first-order valence-electron chi connectivity index (χ1n) is 0.123. The van der Waals surface area contributed by atoms with E-state index in [4.69, 9.17) is 3.25 Å². The quantitative estimate of drug-likeness (QED) is 0.419. The van der Waals surface area contributed by atoms with Crippen LogP contribution in [-0.2, 0) is 46.7 Å². The molecule has 0 aromatic carbocycles. The van der Waals surface area contributed by atoms with Crippen LogP contribution in [0.3, 0.4) is 0 Å². The molecule has 7 heavy (non-hydrogen) atoms. The normalized spacial score (nSPS) is 0.857. The summed E-state index contributed by atoms with van der Waals surface area (Å²) in [6.07, 6.45) is 0. The van der Waals surface area contributed by atoms with Crippen LogP contribution < -0.4 is 0 Å². The molecular formula is H4Au2O5. The van der Waals surface area contributed by atoms with Gasteiger partial charge in [0.25, 0.3) is 0 Å². The average molecular weight is 478 g/mol. The van der Waals surface area contributed by atoms with Crippen LogP contribution in [0.25, 0.3) is 0 Å². The SMILES string of the molecule is [Au+3].[OH-].[OH-].[OH-].[OH-].[O]=[Au+]. The zero-order valence-corrected chi connectivity index (χ0v) is 7.13. The molecule has 0 amide bonds. The Morgan fingerprint density at radius 2 is 0.714 bits per heavy atom. The van der Waals surface area contributed by atoms with Crippen molar-refractivity contribution in [1.29, 1.82) is 0 Å². The van der Waals surface area contributed by atoms with Crippen LogP contribution in [0.1, 0.15) is 0 Å². The van der Waals surface area contributed by atoms with Crippen molar-refractivity contribution in [2.75, 3.05) is 0 Å². The van der Waals surface area contributed by atoms with Crippen LogP contribution in [0, 0.1) is 0 Å². The van der Waals surface area contributed by atoms with Gasteiger partial charge in [-0.05, 0) is 0 Å². The molecule has 0 aromatic rings. The van der Waals surface area contributed by atoms with Crippen molar-refractivity contribution in [1.82, 2.24) is 0 Å². The summed E-state index contributed by atoms with van der Waals surface area (Å²) < 4.78 is 8.19. The third kappa shape index (κ3) is 149. The molecule has 0 heterocycles. The fourth-order valence-corrected chi connectivity index (χ4v) is 0. The molecule has 0 aromatic heterocycles. The maximum atomic E-state index is 8.19. The molecular weight excluding hydrogens is 474 g/mol. The van der Waals surface area contributed by atoms with E-state index in [1.165, 1.54) is 0 Å². The molecule has 5 nitrogen and oxygen atoms in total. The van der Waals surface area contributed by atoms with Crippen molar-refractivity contribution in [2.24, 2.45) is 0 Å². The van der Waals surface area contributed by atoms with E-state index in [1.807, 2.05) is 0 Å². The van der Waals surface area contributed by atoms with Crippen molar-refractivity contribution in [3.05, 3.63) is 0 Å². The summed E-state index contributed by atoms with van der Waals surface area (Å²) >= 11 is 1.03. The molecule has 0 unspecified atom stereocenters. The fraction of sp³-hybridized carbons (Fsp3) is 0. The summed E-state index contributed by atoms with van der Waals surface area (Å²) in [5.74, 6) is 0. The Morgan fingerprint density at radius 3 is 0.714 bits per heavy atom. The standard InChI is InChI=1S/2Au.4H2O.O/h;;4*1H2;/q+1;+3;;;;;/p-4. The van der Waals surface area contributed by atoms with Gasteiger partial charge in [-0.15, -0.1) is 0 Å². The number of hydrogen-bond acceptors (Lipinski definition) is 5. The molecule has 0 bridgehead atoms. The van der Waals surface area contributed by atoms with E-state index in [0.29, 0.717) is 0 Å². The monoisotopic (exact) mass is 478 g/mol. The maximum absolute atomic E-state index is 8.19. The molecule has 0 saturated carbocycles. The average Bonchev–Trinajstić information content (AvgIpc) is 1.00. The van der Waals surface area contributed by atoms with Crippen molar-refractivity contribution < 1.29 is 68.6 Å². The first-order valence-corrected chi connectivity index (χ1v) is 1.01. The Balaban J connectivity index is -0.000000000500. The summed E-state index contributed by atoms with van der Waals surface area (Å²) in [6.45, 7) is 0. The molecule has 0 saturated heterocycles. The molecule has 0 aliphatic rings. The van der Waals surface area contributed by atoms with Crippen LogP contribution in [-0.4, -0.2) is 21.9 Å². The summed E-state index contributed by atoms with van der Waals surface area (Å²) in [6, 6.07) is 0. The second kappa shape index (κ2) is 212. The molecule has 0 aliphatic heterocycles. The minimum absolute atomic E-state index is 0. The van der Waals surface area contributed by atoms with Crippen LogP contribution in [0.4, 0.5) is 0 Å². The molecule has 0 rings (SSSR count). The van der Waals surface area contributed by atoms with Gasteiger partial charge in [-0.25, -0.2) is 0 Å². The second-order valence-corrected chi connectivity index (χ2v) is 0. The van der Waals surface area contributed by atoms with Crippen LogP contribution in [0.15, 0.2) is 0 Å². The van der Waals surface area contributed by atoms with Crippen molar-refractivity contribution >= 4 is 0 Å². The van der Waals surface area contributed by atoms with Gasteiger partial charge in [0.05, 0.1) is 0 Å². The van der Waals surface area contributed by atoms with E-state index in [2.05, 4.69) is 0 Å². The van der Waals surface area contributed by atoms with Gasteiger partial charge in [0.15, 0.2) is 0 Å². The zero-order chi connectivity index (χ0) is 2.00. The molecule has 0 fully saturated rings. The Hall–Kier alpha value is 1.12. The molecule has 0 radical (unpaired) electrons. The Bertz CT molecular complexity index is 6.04. The van der Waals surface area contributed by atoms with E-state index in [0.717, 1.165) is 21.0 Å². The molecule has 0 atom stereocenters. The zero-order valence-electron chi connectivity index (χ0n) is 2.80. The molecule has 4 N–H and O–H groups in total. The molecule has 0 spiro atoms. The second-order valence-electron chi connectivity index (χ2n) is 0. The van der Waals surface area contributed by atoms with Crippen molar-refractivity contribution in [3.63, 3.8) is 0 Å². The molecule has 7 heteroatoms. The van der Waals surface area contributed by atoms with E-state index in [1.54, 1.807) is 0 Å². The Morgan fingerprint density at radius 1 is 0.714 bits per heavy atom. The van der Waals surface area contributed by atoms with E-state index in [-0.39, 0.29) is 44.3 Å². The first-order chi connectivity index (χ1) is 1.00. The summed E-state index contributed by atoms with van der Waals surface area (Å²) in [7, 11) is 0. The molecule has 0 aliphatic carbocycles. The van der Waals surface area contributed by atoms with Crippen LogP contribution in [0.2, 0.25) is 0 Å². The van der Waals surface area contributed by atoms with Gasteiger partial charge in [-0.2, -0.15) is 0 Å². The fourth-order valence-electron chi connectivity index (χ4n) is 0. The van der Waals surface area contributed by atoms with Crippen molar-refractivity contribution in [2.45, 2.75) is 0 Å². The topological polar surface area (TPSA) is 137 Å². The number of hydrogen-bond donors (Lipinski definition) is 0. The van der Waals surface area contributed by atoms with Crippen LogP contribution >= 0.6 is 0 Å². The first kappa shape index (κ1) is 91.6. The van der Waals surface area contributed by atoms with Gasteiger partial charge in [0.2, 0.25) is 0 Å². The van der Waals surface area contributed by atoms with Gasteiger partial charge in [0.1, 0.15) is 0 Å². The van der Waals surface area contributed by atoms with Gasteiger partial charge in [0, 0.05) is 0 Å². The van der Waals surface area contributed by atoms with Crippen LogP contribution in [0.5, 0.6) is 0 Å². The van der Waals surface area contributed by atoms with Gasteiger partial charge in [-0.1, -0.05) is 0 Å². The van der Waals surface area contributed by atoms with Gasteiger partial charge >= 0.3 is 46.7 Å². The predicted octanol–water partition coefficient (Wildman–Crippen LogP) is -0.831. The van der Waals surface area contributed by atoms with E-state index in [9.17, 15) is 0 Å². The Labute approximate surface area is 68.5 Å². The van der Waals surface area contributed by atoms with E-state index >= 15 is 0 Å². The third-order valence-corrected chi connectivity index (χ3v) is 0. The minimum atomic E-state index is 0. The van der Waals surface area contributed by atoms with Gasteiger partial charge in [-0.3, -0.25) is 0 Å². The van der Waals surface area contributed by atoms with E-state index < -0.39 is 0 Å². The molecule has 56 valence electrons. The summed E-state index contributed by atoms with van der Waals surface area (Å²) in [5.41, 5.74) is 0. The van der Waals surface area contributed by atoms with Gasteiger partial charge < -0.3 is 21.9 Å². The Kier molecular flexibility index (Phi) is 2780. The third-order valence-electron chi connectivity index (χ3n) is 0. The predicted molar refractivity (Wildman–Crippen MR) is 8.43 cm³/mol. The number of rotatable bonds is 0. The summed E-state index contributed by atoms with van der Waals surface area (Å²) in [4.78, 5) is 0.